The second-order valence-corrected chi connectivity index (χ2v) is 2.99. The maximum absolute atomic E-state index is 12.3. The van der Waals surface area contributed by atoms with Crippen LogP contribution in [-0.4, -0.2) is 12.0 Å². The van der Waals surface area contributed by atoms with Crippen molar-refractivity contribution in [2.24, 2.45) is 0 Å². The van der Waals surface area contributed by atoms with Crippen LogP contribution in [0.25, 0.3) is 0 Å². The van der Waals surface area contributed by atoms with Crippen molar-refractivity contribution in [1.29, 1.82) is 0 Å². The van der Waals surface area contributed by atoms with Crippen LogP contribution in [0.3, 0.4) is 0 Å². The van der Waals surface area contributed by atoms with E-state index in [0.717, 1.165) is 0 Å². The Bertz CT molecular complexity index is 378. The molecular weight excluding hydrogens is 285 g/mol. The van der Waals surface area contributed by atoms with Crippen LogP contribution >= 0.6 is 11.6 Å². The predicted octanol–water partition coefficient (Wildman–Crippen LogP) is -0.188. The number of hydrogen-bond acceptors (Lipinski definition) is 1. The van der Waals surface area contributed by atoms with Gasteiger partial charge < -0.3 is 12.9 Å². The number of alkyl halides is 3. The van der Waals surface area contributed by atoms with Gasteiger partial charge in [0.15, 0.2) is 0 Å². The molecule has 1 nitrogen and oxygen atoms in total. The van der Waals surface area contributed by atoms with Crippen LogP contribution in [-0.2, 0) is 6.18 Å². The molecule has 0 N–H and O–H groups in total. The molecule has 0 bridgehead atoms. The summed E-state index contributed by atoms with van der Waals surface area (Å²) in [7, 11) is 0. The number of nitrogens with zero attached hydrogens (tertiary/aromatic N) is 1. The van der Waals surface area contributed by atoms with Crippen LogP contribution in [0.1, 0.15) is 5.56 Å². The largest absolute Gasteiger partial charge is 1.00 e. The van der Waals surface area contributed by atoms with E-state index < -0.39 is 29.3 Å². The minimum Gasteiger partial charge on any atom is -0.445 e. The maximum Gasteiger partial charge on any atom is 1.00 e. The molecule has 0 saturated heterocycles. The minimum atomic E-state index is -5.84. The second-order valence-electron chi connectivity index (χ2n) is 2.64. The van der Waals surface area contributed by atoms with Gasteiger partial charge in [-0.2, -0.15) is 13.2 Å². The molecule has 0 radical (unpaired) electrons. The van der Waals surface area contributed by atoms with Crippen molar-refractivity contribution in [3.8, 4) is 0 Å². The number of halogens is 7. The number of rotatable bonds is 1. The Morgan fingerprint density at radius 3 is 2.00 bits per heavy atom. The van der Waals surface area contributed by atoms with Crippen LogP contribution < -0.4 is 56.8 Å². The molecule has 1 heterocycles. The van der Waals surface area contributed by atoms with Gasteiger partial charge in [0.1, 0.15) is 5.15 Å². The van der Waals surface area contributed by atoms with E-state index in [-0.39, 0.29) is 57.5 Å². The van der Waals surface area contributed by atoms with Crippen LogP contribution in [0.4, 0.5) is 26.1 Å². The molecule has 0 aliphatic heterocycles. The molecule has 1 aromatic rings. The molecule has 0 atom stereocenters. The molecule has 1 aromatic heterocycles. The normalized spacial score (nSPS) is 12.2. The molecule has 0 spiro atoms. The van der Waals surface area contributed by atoms with Gasteiger partial charge in [0.25, 0.3) is 0 Å². The predicted molar refractivity (Wildman–Crippen MR) is 43.0 cm³/mol. The first-order chi connectivity index (χ1) is 6.64. The van der Waals surface area contributed by atoms with Gasteiger partial charge >= 0.3 is 64.5 Å². The standard InChI is InChI=1S/C6H2BClF6N.K/c8-5-4(7(12,13)14)3(1-2-15-5)6(9,10)11;/h1-2H;/q-1;+1. The Balaban J connectivity index is 0.00000225. The summed E-state index contributed by atoms with van der Waals surface area (Å²) in [5.41, 5.74) is -3.71. The van der Waals surface area contributed by atoms with Gasteiger partial charge in [-0.05, 0) is 6.07 Å². The van der Waals surface area contributed by atoms with E-state index in [1.807, 2.05) is 0 Å². The van der Waals surface area contributed by atoms with Crippen LogP contribution in [0.15, 0.2) is 12.3 Å². The van der Waals surface area contributed by atoms with Crippen LogP contribution in [0.5, 0.6) is 0 Å². The number of pyridine rings is 1. The Morgan fingerprint density at radius 1 is 1.19 bits per heavy atom. The van der Waals surface area contributed by atoms with Gasteiger partial charge in [-0.3, -0.25) is 0 Å². The fourth-order valence-corrected chi connectivity index (χ4v) is 1.29. The van der Waals surface area contributed by atoms with E-state index in [9.17, 15) is 26.1 Å². The van der Waals surface area contributed by atoms with E-state index in [4.69, 9.17) is 11.6 Å². The van der Waals surface area contributed by atoms with E-state index in [0.29, 0.717) is 6.20 Å². The van der Waals surface area contributed by atoms with Gasteiger partial charge in [-0.1, -0.05) is 17.1 Å². The van der Waals surface area contributed by atoms with Crippen molar-refractivity contribution in [3.63, 3.8) is 0 Å². The van der Waals surface area contributed by atoms with E-state index in [1.54, 1.807) is 0 Å². The molecule has 1 rings (SSSR count). The summed E-state index contributed by atoms with van der Waals surface area (Å²) in [5, 5.41) is -1.18. The summed E-state index contributed by atoms with van der Waals surface area (Å²) in [6, 6.07) is 0.246. The smallest absolute Gasteiger partial charge is 0.445 e. The summed E-state index contributed by atoms with van der Waals surface area (Å²) < 4.78 is 73.4. The first-order valence-corrected chi connectivity index (χ1v) is 3.93. The number of aromatic nitrogens is 1. The Hall–Kier alpha value is 0.721. The molecule has 0 aromatic carbocycles. The topological polar surface area (TPSA) is 12.9 Å². The summed E-state index contributed by atoms with van der Waals surface area (Å²) in [6.45, 7) is -5.84. The van der Waals surface area contributed by atoms with Crippen LogP contribution in [0, 0.1) is 0 Å². The molecule has 0 amide bonds. The van der Waals surface area contributed by atoms with Gasteiger partial charge in [0.2, 0.25) is 0 Å². The Morgan fingerprint density at radius 2 is 1.69 bits per heavy atom. The van der Waals surface area contributed by atoms with Crippen molar-refractivity contribution >= 4 is 24.0 Å². The molecule has 0 fully saturated rings. The third-order valence-electron chi connectivity index (χ3n) is 1.57. The first kappa shape index (κ1) is 16.7. The fourth-order valence-electron chi connectivity index (χ4n) is 1.01. The van der Waals surface area contributed by atoms with E-state index in [2.05, 4.69) is 4.98 Å². The molecular formula is C6H2BClF6KN. The average Bonchev–Trinajstić information content (AvgIpc) is 1.99. The zero-order valence-electron chi connectivity index (χ0n) is 7.83. The Labute approximate surface area is 134 Å². The van der Waals surface area contributed by atoms with Gasteiger partial charge in [-0.25, -0.2) is 4.98 Å². The third kappa shape index (κ3) is 3.88. The van der Waals surface area contributed by atoms with Crippen molar-refractivity contribution in [2.75, 3.05) is 0 Å². The average molecular weight is 287 g/mol. The molecule has 16 heavy (non-hydrogen) atoms. The van der Waals surface area contributed by atoms with Gasteiger partial charge in [-0.15, -0.1) is 0 Å². The summed E-state index contributed by atoms with van der Waals surface area (Å²) in [5.74, 6) is 0. The zero-order valence-corrected chi connectivity index (χ0v) is 11.7. The quantitative estimate of drug-likeness (QED) is 0.396. The van der Waals surface area contributed by atoms with Crippen molar-refractivity contribution < 1.29 is 77.5 Å². The van der Waals surface area contributed by atoms with Crippen LogP contribution in [0.2, 0.25) is 5.15 Å². The summed E-state index contributed by atoms with van der Waals surface area (Å²) in [6.07, 6.45) is -4.52. The summed E-state index contributed by atoms with van der Waals surface area (Å²) in [4.78, 5) is 2.98. The monoisotopic (exact) mass is 287 g/mol. The molecule has 0 aliphatic carbocycles. The van der Waals surface area contributed by atoms with Crippen molar-refractivity contribution in [3.05, 3.63) is 23.0 Å². The van der Waals surface area contributed by atoms with E-state index in [1.165, 1.54) is 0 Å². The molecule has 0 unspecified atom stereocenters. The van der Waals surface area contributed by atoms with Gasteiger partial charge in [0.05, 0.1) is 0 Å². The van der Waals surface area contributed by atoms with Crippen molar-refractivity contribution in [2.45, 2.75) is 6.18 Å². The fraction of sp³-hybridized carbons (Fsp3) is 0.167. The van der Waals surface area contributed by atoms with E-state index >= 15 is 0 Å². The zero-order chi connectivity index (χ0) is 11.9. The summed E-state index contributed by atoms with van der Waals surface area (Å²) >= 11 is 5.00. The third-order valence-corrected chi connectivity index (χ3v) is 1.88. The second kappa shape index (κ2) is 5.57. The number of hydrogen-bond donors (Lipinski definition) is 0. The molecule has 0 aliphatic rings. The first-order valence-electron chi connectivity index (χ1n) is 3.55. The maximum atomic E-state index is 12.3. The molecule has 10 heteroatoms. The molecule has 84 valence electrons. The molecule has 0 saturated carbocycles. The Kier molecular flexibility index (Phi) is 5.83. The van der Waals surface area contributed by atoms with Gasteiger partial charge in [0, 0.05) is 11.8 Å². The van der Waals surface area contributed by atoms with Crippen molar-refractivity contribution in [1.82, 2.24) is 4.98 Å². The minimum absolute atomic E-state index is 0. The SMILES string of the molecule is F[B-](F)(F)c1c(C(F)(F)F)ccnc1Cl.[K+].